The summed E-state index contributed by atoms with van der Waals surface area (Å²) < 4.78 is 1.63. The fourth-order valence-electron chi connectivity index (χ4n) is 2.46. The summed E-state index contributed by atoms with van der Waals surface area (Å²) in [6.45, 7) is 2.27. The number of carbonyl (C=O) groups is 2. The average Bonchev–Trinajstić information content (AvgIpc) is 3.16. The van der Waals surface area contributed by atoms with Gasteiger partial charge in [-0.05, 0) is 30.7 Å². The van der Waals surface area contributed by atoms with E-state index in [0.717, 1.165) is 16.8 Å². The lowest BCUT2D eigenvalue weighted by atomic mass is 10.1. The number of rotatable bonds is 6. The molecular formula is C19H19N5O2. The Labute approximate surface area is 151 Å². The third-order valence-electron chi connectivity index (χ3n) is 3.79. The van der Waals surface area contributed by atoms with Gasteiger partial charge in [0.15, 0.2) is 0 Å². The number of para-hydroxylation sites is 1. The number of amides is 2. The predicted octanol–water partition coefficient (Wildman–Crippen LogP) is 2.22. The Hall–Kier alpha value is -3.48. The van der Waals surface area contributed by atoms with E-state index >= 15 is 0 Å². The topological polar surface area (TPSA) is 88.9 Å². The van der Waals surface area contributed by atoms with Crippen molar-refractivity contribution in [2.75, 3.05) is 5.32 Å². The van der Waals surface area contributed by atoms with Crippen LogP contribution in [0, 0.1) is 6.92 Å². The molecule has 0 saturated heterocycles. The van der Waals surface area contributed by atoms with Crippen LogP contribution in [0.4, 0.5) is 5.69 Å². The highest BCUT2D eigenvalue weighted by Gasteiger charge is 2.11. The first-order valence-electron chi connectivity index (χ1n) is 8.18. The van der Waals surface area contributed by atoms with Crippen LogP contribution in [0.1, 0.15) is 17.5 Å². The number of hydrogen-bond donors (Lipinski definition) is 2. The van der Waals surface area contributed by atoms with Crippen molar-refractivity contribution >= 4 is 17.5 Å². The van der Waals surface area contributed by atoms with Crippen molar-refractivity contribution in [3.8, 4) is 5.69 Å². The summed E-state index contributed by atoms with van der Waals surface area (Å²) in [7, 11) is 0. The minimum Gasteiger partial charge on any atom is -0.351 e. The van der Waals surface area contributed by atoms with Crippen molar-refractivity contribution in [3.63, 3.8) is 0 Å². The molecule has 2 N–H and O–H groups in total. The van der Waals surface area contributed by atoms with Crippen LogP contribution in [0.2, 0.25) is 0 Å². The van der Waals surface area contributed by atoms with Crippen molar-refractivity contribution in [1.82, 2.24) is 20.1 Å². The van der Waals surface area contributed by atoms with Gasteiger partial charge in [-0.15, -0.1) is 0 Å². The fourth-order valence-corrected chi connectivity index (χ4v) is 2.46. The first-order valence-corrected chi connectivity index (χ1v) is 8.18. The molecule has 1 heterocycles. The Morgan fingerprint density at radius 3 is 2.54 bits per heavy atom. The van der Waals surface area contributed by atoms with E-state index in [-0.39, 0.29) is 18.2 Å². The predicted molar refractivity (Wildman–Crippen MR) is 97.6 cm³/mol. The summed E-state index contributed by atoms with van der Waals surface area (Å²) >= 11 is 0. The van der Waals surface area contributed by atoms with E-state index < -0.39 is 0 Å². The van der Waals surface area contributed by atoms with Crippen LogP contribution < -0.4 is 10.6 Å². The molecule has 0 spiro atoms. The molecule has 0 fully saturated rings. The van der Waals surface area contributed by atoms with Gasteiger partial charge in [0.2, 0.25) is 11.8 Å². The number of aromatic nitrogens is 3. The second-order valence-electron chi connectivity index (χ2n) is 5.84. The average molecular weight is 349 g/mol. The van der Waals surface area contributed by atoms with Crippen LogP contribution >= 0.6 is 0 Å². The van der Waals surface area contributed by atoms with Crippen molar-refractivity contribution in [2.24, 2.45) is 0 Å². The van der Waals surface area contributed by atoms with Crippen molar-refractivity contribution in [1.29, 1.82) is 0 Å². The highest BCUT2D eigenvalue weighted by molar-refractivity contribution is 6.03. The maximum atomic E-state index is 12.1. The Balaban J connectivity index is 1.54. The number of hydrogen-bond acceptors (Lipinski definition) is 4. The van der Waals surface area contributed by atoms with Gasteiger partial charge >= 0.3 is 0 Å². The van der Waals surface area contributed by atoms with Gasteiger partial charge in [0.25, 0.3) is 0 Å². The van der Waals surface area contributed by atoms with Gasteiger partial charge in [-0.2, -0.15) is 5.10 Å². The number of nitrogens with one attached hydrogen (secondary N) is 2. The molecule has 0 aliphatic heterocycles. The molecule has 2 amide bonds. The number of benzene rings is 2. The van der Waals surface area contributed by atoms with E-state index in [9.17, 15) is 9.59 Å². The Kier molecular flexibility index (Phi) is 5.38. The Morgan fingerprint density at radius 1 is 1.04 bits per heavy atom. The monoisotopic (exact) mass is 349 g/mol. The van der Waals surface area contributed by atoms with Gasteiger partial charge in [-0.25, -0.2) is 9.67 Å². The third kappa shape index (κ3) is 4.54. The summed E-state index contributed by atoms with van der Waals surface area (Å²) in [6, 6.07) is 15.0. The first-order chi connectivity index (χ1) is 12.6. The Bertz CT molecular complexity index is 889. The minimum absolute atomic E-state index is 0.237. The summed E-state index contributed by atoms with van der Waals surface area (Å²) in [5.41, 5.74) is 3.48. The summed E-state index contributed by atoms with van der Waals surface area (Å²) in [5.74, 6) is -0.695. The number of nitrogens with zero attached hydrogens (tertiary/aromatic N) is 3. The van der Waals surface area contributed by atoms with Crippen LogP contribution in [-0.4, -0.2) is 26.6 Å². The molecule has 132 valence electrons. The van der Waals surface area contributed by atoms with Gasteiger partial charge in [-0.3, -0.25) is 9.59 Å². The molecular weight excluding hydrogens is 330 g/mol. The maximum absolute atomic E-state index is 12.1. The van der Waals surface area contributed by atoms with Crippen LogP contribution in [0.3, 0.4) is 0 Å². The highest BCUT2D eigenvalue weighted by Crippen LogP contribution is 2.13. The van der Waals surface area contributed by atoms with Crippen LogP contribution in [0.15, 0.2) is 61.2 Å². The van der Waals surface area contributed by atoms with E-state index in [1.807, 2.05) is 43.3 Å². The van der Waals surface area contributed by atoms with Crippen LogP contribution in [0.5, 0.6) is 0 Å². The largest absolute Gasteiger partial charge is 0.351 e. The lowest BCUT2D eigenvalue weighted by Crippen LogP contribution is -2.28. The molecule has 7 nitrogen and oxygen atoms in total. The highest BCUT2D eigenvalue weighted by atomic mass is 16.2. The molecule has 0 unspecified atom stereocenters. The molecule has 26 heavy (non-hydrogen) atoms. The quantitative estimate of drug-likeness (QED) is 0.668. The van der Waals surface area contributed by atoms with E-state index in [0.29, 0.717) is 12.2 Å². The van der Waals surface area contributed by atoms with E-state index in [4.69, 9.17) is 0 Å². The molecule has 0 aliphatic rings. The van der Waals surface area contributed by atoms with Gasteiger partial charge in [0.05, 0.1) is 5.69 Å². The zero-order valence-corrected chi connectivity index (χ0v) is 14.3. The van der Waals surface area contributed by atoms with Crippen molar-refractivity contribution in [3.05, 3.63) is 72.3 Å². The molecule has 2 aromatic carbocycles. The molecule has 3 rings (SSSR count). The fraction of sp³-hybridized carbons (Fsp3) is 0.158. The van der Waals surface area contributed by atoms with Gasteiger partial charge in [-0.1, -0.05) is 35.9 Å². The smallest absolute Gasteiger partial charge is 0.233 e. The van der Waals surface area contributed by atoms with Gasteiger partial charge in [0.1, 0.15) is 19.1 Å². The molecule has 1 aromatic heterocycles. The molecule has 0 radical (unpaired) electrons. The van der Waals surface area contributed by atoms with Crippen LogP contribution in [-0.2, 0) is 16.1 Å². The zero-order valence-electron chi connectivity index (χ0n) is 14.3. The third-order valence-corrected chi connectivity index (χ3v) is 3.79. The van der Waals surface area contributed by atoms with Crippen molar-refractivity contribution in [2.45, 2.75) is 19.9 Å². The maximum Gasteiger partial charge on any atom is 0.233 e. The lowest BCUT2D eigenvalue weighted by Gasteiger charge is -2.10. The molecule has 0 saturated carbocycles. The van der Waals surface area contributed by atoms with Crippen LogP contribution in [0.25, 0.3) is 5.69 Å². The molecule has 0 atom stereocenters. The molecule has 0 aliphatic carbocycles. The molecule has 7 heteroatoms. The number of aryl methyl sites for hydroxylation is 1. The zero-order chi connectivity index (χ0) is 18.4. The first kappa shape index (κ1) is 17.3. The Morgan fingerprint density at radius 2 is 1.81 bits per heavy atom. The van der Waals surface area contributed by atoms with Crippen molar-refractivity contribution < 1.29 is 9.59 Å². The summed E-state index contributed by atoms with van der Waals surface area (Å²) in [6.07, 6.45) is 2.81. The summed E-state index contributed by atoms with van der Waals surface area (Å²) in [4.78, 5) is 28.0. The number of carbonyl (C=O) groups excluding carboxylic acids is 2. The summed E-state index contributed by atoms with van der Waals surface area (Å²) in [5, 5.41) is 9.58. The van der Waals surface area contributed by atoms with Gasteiger partial charge < -0.3 is 10.6 Å². The molecule has 3 aromatic rings. The minimum atomic E-state index is -0.351. The van der Waals surface area contributed by atoms with Gasteiger partial charge in [0, 0.05) is 12.2 Å². The second kappa shape index (κ2) is 8.06. The standard InChI is InChI=1S/C19H19N5O2/c1-14-6-8-16(9-7-14)23-19(26)10-18(25)21-11-15-4-2-3-5-17(15)24-13-20-12-22-24/h2-9,12-13H,10-11H2,1H3,(H,21,25)(H,23,26). The molecule has 0 bridgehead atoms. The SMILES string of the molecule is Cc1ccc(NC(=O)CC(=O)NCc2ccccc2-n2cncn2)cc1. The van der Waals surface area contributed by atoms with E-state index in [1.54, 1.807) is 23.1 Å². The second-order valence-corrected chi connectivity index (χ2v) is 5.84. The lowest BCUT2D eigenvalue weighted by molar-refractivity contribution is -0.126. The normalized spacial score (nSPS) is 10.3. The van der Waals surface area contributed by atoms with E-state index in [1.165, 1.54) is 6.33 Å². The van der Waals surface area contributed by atoms with E-state index in [2.05, 4.69) is 20.7 Å². The number of anilines is 1.